The van der Waals surface area contributed by atoms with Gasteiger partial charge in [-0.25, -0.2) is 4.98 Å². The third kappa shape index (κ3) is 4.05. The maximum absolute atomic E-state index is 12.0. The van der Waals surface area contributed by atoms with Gasteiger partial charge in [-0.3, -0.25) is 4.79 Å². The largest absolute Gasteiger partial charge is 0.334 e. The molecule has 0 bridgehead atoms. The average Bonchev–Trinajstić information content (AvgIpc) is 3.39. The molecule has 1 saturated carbocycles. The maximum Gasteiger partial charge on any atom is 0.259 e. The summed E-state index contributed by atoms with van der Waals surface area (Å²) in [5.74, 6) is 1.80. The van der Waals surface area contributed by atoms with Crippen LogP contribution in [-0.4, -0.2) is 26.8 Å². The van der Waals surface area contributed by atoms with Crippen molar-refractivity contribution in [2.24, 2.45) is 0 Å². The van der Waals surface area contributed by atoms with Crippen LogP contribution in [0.2, 0.25) is 5.02 Å². The second-order valence-corrected chi connectivity index (χ2v) is 7.34. The minimum absolute atomic E-state index is 0.139. The van der Waals surface area contributed by atoms with E-state index in [-0.39, 0.29) is 11.7 Å². The van der Waals surface area contributed by atoms with E-state index < -0.39 is 0 Å². The third-order valence-electron chi connectivity index (χ3n) is 3.87. The first-order valence-electron chi connectivity index (χ1n) is 8.16. The Morgan fingerprint density at radius 2 is 2.12 bits per heavy atom. The second kappa shape index (κ2) is 7.47. The number of hydrogen-bond donors (Lipinski definition) is 1. The highest BCUT2D eigenvalue weighted by Gasteiger charge is 2.29. The van der Waals surface area contributed by atoms with Crippen molar-refractivity contribution >= 4 is 35.0 Å². The van der Waals surface area contributed by atoms with Gasteiger partial charge in [-0.1, -0.05) is 40.7 Å². The van der Waals surface area contributed by atoms with Crippen molar-refractivity contribution in [2.75, 3.05) is 11.1 Å². The third-order valence-corrected chi connectivity index (χ3v) is 5.14. The summed E-state index contributed by atoms with van der Waals surface area (Å²) < 4.78 is 5.28. The number of anilines is 1. The number of hydrogen-bond acceptors (Lipinski definition) is 6. The summed E-state index contributed by atoms with van der Waals surface area (Å²) in [6.45, 7) is 0. The predicted molar refractivity (Wildman–Crippen MR) is 100 cm³/mol. The molecule has 2 heterocycles. The number of benzene rings is 1. The van der Waals surface area contributed by atoms with Crippen LogP contribution in [-0.2, 0) is 4.79 Å². The standard InChI is InChI=1S/C18H15ClN4O2S/c19-13-3-1-2-4-14(13)21-15(24)10-26-16-8-7-12(9-20-16)18-22-17(23-25-18)11-5-6-11/h1-4,7-9,11H,5-6,10H2,(H,21,24). The predicted octanol–water partition coefficient (Wildman–Crippen LogP) is 4.39. The maximum atomic E-state index is 12.0. The molecule has 0 spiro atoms. The lowest BCUT2D eigenvalue weighted by molar-refractivity contribution is -0.113. The van der Waals surface area contributed by atoms with E-state index in [9.17, 15) is 4.79 Å². The smallest absolute Gasteiger partial charge is 0.259 e. The number of halogens is 1. The summed E-state index contributed by atoms with van der Waals surface area (Å²) in [5.41, 5.74) is 1.38. The molecule has 1 N–H and O–H groups in total. The van der Waals surface area contributed by atoms with E-state index >= 15 is 0 Å². The SMILES string of the molecule is O=C(CSc1ccc(-c2nc(C3CC3)no2)cn1)Nc1ccccc1Cl. The lowest BCUT2D eigenvalue weighted by atomic mass is 10.3. The van der Waals surface area contributed by atoms with Crippen molar-refractivity contribution in [2.45, 2.75) is 23.8 Å². The zero-order valence-electron chi connectivity index (χ0n) is 13.7. The van der Waals surface area contributed by atoms with E-state index in [0.717, 1.165) is 29.3 Å². The summed E-state index contributed by atoms with van der Waals surface area (Å²) in [5, 5.41) is 8.04. The Labute approximate surface area is 159 Å². The number of carbonyl (C=O) groups is 1. The molecule has 6 nitrogen and oxygen atoms in total. The fraction of sp³-hybridized carbons (Fsp3) is 0.222. The van der Waals surface area contributed by atoms with Crippen LogP contribution in [0.5, 0.6) is 0 Å². The van der Waals surface area contributed by atoms with Crippen LogP contribution in [0.15, 0.2) is 52.1 Å². The summed E-state index contributed by atoms with van der Waals surface area (Å²) >= 11 is 7.38. The Bertz CT molecular complexity index is 925. The summed E-state index contributed by atoms with van der Waals surface area (Å²) in [7, 11) is 0. The van der Waals surface area contributed by atoms with Crippen LogP contribution in [0.4, 0.5) is 5.69 Å². The van der Waals surface area contributed by atoms with Crippen molar-refractivity contribution in [1.29, 1.82) is 0 Å². The Morgan fingerprint density at radius 1 is 1.27 bits per heavy atom. The van der Waals surface area contributed by atoms with E-state index in [1.165, 1.54) is 11.8 Å². The zero-order chi connectivity index (χ0) is 17.9. The van der Waals surface area contributed by atoms with Crippen molar-refractivity contribution < 1.29 is 9.32 Å². The Morgan fingerprint density at radius 3 is 2.85 bits per heavy atom. The number of para-hydroxylation sites is 1. The van der Waals surface area contributed by atoms with Crippen molar-refractivity contribution in [3.8, 4) is 11.5 Å². The first kappa shape index (κ1) is 17.1. The van der Waals surface area contributed by atoms with Crippen molar-refractivity contribution in [3.63, 3.8) is 0 Å². The molecule has 0 unspecified atom stereocenters. The molecule has 0 aliphatic heterocycles. The number of rotatable bonds is 6. The van der Waals surface area contributed by atoms with Crippen LogP contribution in [0.25, 0.3) is 11.5 Å². The molecule has 1 aliphatic carbocycles. The topological polar surface area (TPSA) is 80.9 Å². The number of thioether (sulfide) groups is 1. The first-order chi connectivity index (χ1) is 12.7. The Hall–Kier alpha value is -2.38. The summed E-state index contributed by atoms with van der Waals surface area (Å²) in [6, 6.07) is 10.8. The summed E-state index contributed by atoms with van der Waals surface area (Å²) in [4.78, 5) is 20.8. The monoisotopic (exact) mass is 386 g/mol. The van der Waals surface area contributed by atoms with Gasteiger partial charge >= 0.3 is 0 Å². The molecule has 0 saturated heterocycles. The van der Waals surface area contributed by atoms with Gasteiger partial charge in [0.1, 0.15) is 0 Å². The molecule has 0 atom stereocenters. The zero-order valence-corrected chi connectivity index (χ0v) is 15.3. The van der Waals surface area contributed by atoms with Gasteiger partial charge in [0.2, 0.25) is 5.91 Å². The van der Waals surface area contributed by atoms with Gasteiger partial charge in [0.05, 0.1) is 27.1 Å². The summed E-state index contributed by atoms with van der Waals surface area (Å²) in [6.07, 6.45) is 3.94. The molecule has 1 amide bonds. The molecule has 26 heavy (non-hydrogen) atoms. The van der Waals surface area contributed by atoms with Crippen molar-refractivity contribution in [1.82, 2.24) is 15.1 Å². The molecule has 3 aromatic rings. The molecule has 1 aliphatic rings. The molecular formula is C18H15ClN4O2S. The second-order valence-electron chi connectivity index (χ2n) is 5.93. The quantitative estimate of drug-likeness (QED) is 0.632. The number of carbonyl (C=O) groups excluding carboxylic acids is 1. The number of amides is 1. The van der Waals surface area contributed by atoms with Gasteiger partial charge in [0.25, 0.3) is 5.89 Å². The van der Waals surface area contributed by atoms with Gasteiger partial charge in [-0.05, 0) is 37.1 Å². The van der Waals surface area contributed by atoms with Gasteiger partial charge < -0.3 is 9.84 Å². The highest BCUT2D eigenvalue weighted by molar-refractivity contribution is 7.99. The highest BCUT2D eigenvalue weighted by atomic mass is 35.5. The number of pyridine rings is 1. The minimum Gasteiger partial charge on any atom is -0.334 e. The number of nitrogens with zero attached hydrogens (tertiary/aromatic N) is 3. The lowest BCUT2D eigenvalue weighted by Crippen LogP contribution is -2.14. The Balaban J connectivity index is 1.33. The van der Waals surface area contributed by atoms with Gasteiger partial charge in [-0.15, -0.1) is 0 Å². The van der Waals surface area contributed by atoms with Crippen LogP contribution in [0.1, 0.15) is 24.6 Å². The van der Waals surface area contributed by atoms with Gasteiger partial charge in [0.15, 0.2) is 5.82 Å². The lowest BCUT2D eigenvalue weighted by Gasteiger charge is -2.06. The minimum atomic E-state index is -0.139. The van der Waals surface area contributed by atoms with Crippen LogP contribution in [0.3, 0.4) is 0 Å². The fourth-order valence-electron chi connectivity index (χ4n) is 2.34. The van der Waals surface area contributed by atoms with E-state index in [2.05, 4.69) is 20.4 Å². The van der Waals surface area contributed by atoms with Gasteiger partial charge in [-0.2, -0.15) is 4.98 Å². The highest BCUT2D eigenvalue weighted by Crippen LogP contribution is 2.38. The number of nitrogens with one attached hydrogen (secondary N) is 1. The fourth-order valence-corrected chi connectivity index (χ4v) is 3.17. The molecule has 2 aromatic heterocycles. The van der Waals surface area contributed by atoms with E-state index in [1.54, 1.807) is 18.3 Å². The van der Waals surface area contributed by atoms with E-state index in [4.69, 9.17) is 16.1 Å². The first-order valence-corrected chi connectivity index (χ1v) is 9.52. The Kier molecular flexibility index (Phi) is 4.90. The molecule has 1 aromatic carbocycles. The van der Waals surface area contributed by atoms with Crippen LogP contribution in [0, 0.1) is 0 Å². The normalized spacial score (nSPS) is 13.6. The molecule has 4 rings (SSSR count). The average molecular weight is 387 g/mol. The molecule has 1 fully saturated rings. The molecule has 0 radical (unpaired) electrons. The van der Waals surface area contributed by atoms with Crippen molar-refractivity contribution in [3.05, 3.63) is 53.4 Å². The molecule has 8 heteroatoms. The van der Waals surface area contributed by atoms with Crippen LogP contribution >= 0.6 is 23.4 Å². The van der Waals surface area contributed by atoms with E-state index in [1.807, 2.05) is 24.3 Å². The molecule has 132 valence electrons. The van der Waals surface area contributed by atoms with E-state index in [0.29, 0.717) is 22.5 Å². The van der Waals surface area contributed by atoms with Gasteiger partial charge in [0, 0.05) is 12.1 Å². The molecular weight excluding hydrogens is 372 g/mol. The van der Waals surface area contributed by atoms with Crippen LogP contribution < -0.4 is 5.32 Å². The number of aromatic nitrogens is 3.